The maximum absolute atomic E-state index is 12.1. The van der Waals surface area contributed by atoms with E-state index in [-0.39, 0.29) is 34.2 Å². The molecule has 4 heterocycles. The third-order valence-corrected chi connectivity index (χ3v) is 18.6. The number of ether oxygens (including phenoxy) is 4. The van der Waals surface area contributed by atoms with E-state index in [1.54, 1.807) is 0 Å². The van der Waals surface area contributed by atoms with Gasteiger partial charge in [0.25, 0.3) is 0 Å². The Balaban J connectivity index is 0.000000135. The fraction of sp³-hybridized carbons (Fsp3) is 0.952. The van der Waals surface area contributed by atoms with Crippen molar-refractivity contribution in [3.05, 3.63) is 0 Å². The molecule has 0 radical (unpaired) electrons. The van der Waals surface area contributed by atoms with Gasteiger partial charge in [-0.2, -0.15) is 0 Å². The summed E-state index contributed by atoms with van der Waals surface area (Å²) in [5, 5.41) is 6.31. The Hall–Kier alpha value is -1.22. The SMILES string of the molecule is C[C@]12CCC(=O)NC[C@@H]1CC[C@@H]1[C@@H]2CC[C@@]2(C)[C@H]1CCC21OCCO1.C[C@]12CCNC(=O)C[C@@H]1CC[C@@H]1[C@@H]2CC[C@@]2(C)[C@H]1CCC21OCCO1. The molecule has 0 aromatic rings. The summed E-state index contributed by atoms with van der Waals surface area (Å²) in [7, 11) is 0. The quantitative estimate of drug-likeness (QED) is 0.284. The van der Waals surface area contributed by atoms with Gasteiger partial charge < -0.3 is 29.6 Å². The molecule has 4 saturated heterocycles. The van der Waals surface area contributed by atoms with E-state index >= 15 is 0 Å². The molecule has 280 valence electrons. The highest BCUT2D eigenvalue weighted by molar-refractivity contribution is 5.76. The van der Waals surface area contributed by atoms with Gasteiger partial charge in [-0.25, -0.2) is 0 Å². The molecule has 0 aromatic carbocycles. The van der Waals surface area contributed by atoms with Crippen LogP contribution in [0.3, 0.4) is 0 Å². The summed E-state index contributed by atoms with van der Waals surface area (Å²) >= 11 is 0. The fourth-order valence-electron chi connectivity index (χ4n) is 15.8. The highest BCUT2D eigenvalue weighted by Gasteiger charge is 2.68. The smallest absolute Gasteiger partial charge is 0.220 e. The molecule has 0 aromatic heterocycles. The van der Waals surface area contributed by atoms with Gasteiger partial charge in [0.15, 0.2) is 11.6 Å². The van der Waals surface area contributed by atoms with Crippen LogP contribution in [0.25, 0.3) is 0 Å². The second kappa shape index (κ2) is 12.1. The van der Waals surface area contributed by atoms with Crippen LogP contribution in [-0.4, -0.2) is 62.9 Å². The summed E-state index contributed by atoms with van der Waals surface area (Å²) in [6, 6.07) is 0. The first-order chi connectivity index (χ1) is 24.0. The first-order valence-electron chi connectivity index (χ1n) is 21.1. The number of hydrogen-bond donors (Lipinski definition) is 2. The van der Waals surface area contributed by atoms with Crippen LogP contribution >= 0.6 is 0 Å². The Morgan fingerprint density at radius 2 is 1.02 bits per heavy atom. The van der Waals surface area contributed by atoms with E-state index in [1.807, 2.05) is 0 Å². The van der Waals surface area contributed by atoms with Crippen molar-refractivity contribution in [1.82, 2.24) is 10.6 Å². The van der Waals surface area contributed by atoms with Crippen molar-refractivity contribution in [3.63, 3.8) is 0 Å². The van der Waals surface area contributed by atoms with E-state index in [2.05, 4.69) is 38.3 Å². The average Bonchev–Trinajstić information content (AvgIpc) is 3.86. The third kappa shape index (κ3) is 4.81. The van der Waals surface area contributed by atoms with Gasteiger partial charge in [-0.05, 0) is 135 Å². The minimum atomic E-state index is -0.290. The predicted molar refractivity (Wildman–Crippen MR) is 190 cm³/mol. The fourth-order valence-corrected chi connectivity index (χ4v) is 15.8. The lowest BCUT2D eigenvalue weighted by Gasteiger charge is -2.59. The molecule has 6 aliphatic carbocycles. The van der Waals surface area contributed by atoms with Crippen molar-refractivity contribution < 1.29 is 28.5 Å². The monoisotopic (exact) mass is 694 g/mol. The molecular weight excluding hydrogens is 628 g/mol. The molecule has 6 saturated carbocycles. The molecule has 50 heavy (non-hydrogen) atoms. The second-order valence-corrected chi connectivity index (χ2v) is 19.8. The van der Waals surface area contributed by atoms with Crippen LogP contribution in [0.5, 0.6) is 0 Å². The summed E-state index contributed by atoms with van der Waals surface area (Å²) in [6.07, 6.45) is 18.5. The number of nitrogens with one attached hydrogen (secondary N) is 2. The molecule has 0 bridgehead atoms. The molecule has 10 fully saturated rings. The lowest BCUT2D eigenvalue weighted by molar-refractivity contribution is -0.246. The minimum Gasteiger partial charge on any atom is -0.356 e. The lowest BCUT2D eigenvalue weighted by atomic mass is 9.46. The molecule has 12 atom stereocenters. The predicted octanol–water partition coefficient (Wildman–Crippen LogP) is 7.00. The van der Waals surface area contributed by atoms with Gasteiger partial charge >= 0.3 is 0 Å². The standard InChI is InChI=1S/2C21H33NO3/c1-19-8-7-18(23)22-13-14(19)3-4-15-16(19)5-9-20(2)17(15)6-10-21(20)24-11-12-25-21;1-19-9-10-22-18(23)13-14(19)3-4-15-16(19)5-7-20(2)17(15)6-8-21(20)24-11-12-25-21/h2*14-17H,3-13H2,1-2H3,(H,22,23)/t2*14-,15+,16-,17-,19-,20-/m00/s1. The molecule has 10 aliphatic rings. The van der Waals surface area contributed by atoms with E-state index in [4.69, 9.17) is 18.9 Å². The van der Waals surface area contributed by atoms with Crippen molar-refractivity contribution in [2.24, 2.45) is 69.0 Å². The van der Waals surface area contributed by atoms with Crippen LogP contribution in [0.2, 0.25) is 0 Å². The first kappa shape index (κ1) is 34.5. The normalized spacial score (nSPS) is 51.4. The van der Waals surface area contributed by atoms with Gasteiger partial charge in [-0.3, -0.25) is 9.59 Å². The van der Waals surface area contributed by atoms with E-state index in [1.165, 1.54) is 64.2 Å². The van der Waals surface area contributed by atoms with Gasteiger partial charge in [-0.1, -0.05) is 27.7 Å². The maximum atomic E-state index is 12.1. The van der Waals surface area contributed by atoms with Crippen LogP contribution < -0.4 is 10.6 Å². The van der Waals surface area contributed by atoms with E-state index < -0.39 is 0 Å². The molecule has 4 aliphatic heterocycles. The largest absolute Gasteiger partial charge is 0.356 e. The van der Waals surface area contributed by atoms with Gasteiger partial charge in [0, 0.05) is 49.6 Å². The van der Waals surface area contributed by atoms with Gasteiger partial charge in [0.05, 0.1) is 26.4 Å². The molecular formula is C42H66N2O6. The zero-order chi connectivity index (χ0) is 34.6. The van der Waals surface area contributed by atoms with E-state index in [9.17, 15) is 9.59 Å². The van der Waals surface area contributed by atoms with E-state index in [0.29, 0.717) is 29.1 Å². The van der Waals surface area contributed by atoms with Gasteiger partial charge in [0.1, 0.15) is 0 Å². The number of hydrogen-bond acceptors (Lipinski definition) is 6. The maximum Gasteiger partial charge on any atom is 0.220 e. The average molecular weight is 695 g/mol. The molecule has 2 spiro atoms. The van der Waals surface area contributed by atoms with Crippen LogP contribution in [-0.2, 0) is 28.5 Å². The van der Waals surface area contributed by atoms with E-state index in [0.717, 1.165) is 107 Å². The Labute approximate surface area is 301 Å². The Morgan fingerprint density at radius 1 is 0.520 bits per heavy atom. The molecule has 10 rings (SSSR count). The Kier molecular flexibility index (Phi) is 8.39. The minimum absolute atomic E-state index is 0.187. The van der Waals surface area contributed by atoms with Crippen LogP contribution in [0.4, 0.5) is 0 Å². The molecule has 2 N–H and O–H groups in total. The van der Waals surface area contributed by atoms with Crippen molar-refractivity contribution in [2.45, 2.75) is 142 Å². The number of carbonyl (C=O) groups is 2. The van der Waals surface area contributed by atoms with Crippen LogP contribution in [0, 0.1) is 69.0 Å². The zero-order valence-electron chi connectivity index (χ0n) is 31.6. The van der Waals surface area contributed by atoms with Crippen molar-refractivity contribution in [3.8, 4) is 0 Å². The van der Waals surface area contributed by atoms with Crippen molar-refractivity contribution in [2.75, 3.05) is 39.5 Å². The zero-order valence-corrected chi connectivity index (χ0v) is 31.6. The van der Waals surface area contributed by atoms with Crippen molar-refractivity contribution in [1.29, 1.82) is 0 Å². The first-order valence-corrected chi connectivity index (χ1v) is 21.1. The molecule has 8 heteroatoms. The summed E-state index contributed by atoms with van der Waals surface area (Å²) in [4.78, 5) is 24.1. The van der Waals surface area contributed by atoms with Gasteiger partial charge in [0.2, 0.25) is 11.8 Å². The number of amides is 2. The van der Waals surface area contributed by atoms with Gasteiger partial charge in [-0.15, -0.1) is 0 Å². The number of rotatable bonds is 0. The lowest BCUT2D eigenvalue weighted by Crippen LogP contribution is -2.56. The van der Waals surface area contributed by atoms with Crippen LogP contribution in [0.15, 0.2) is 0 Å². The molecule has 8 nitrogen and oxygen atoms in total. The highest BCUT2D eigenvalue weighted by atomic mass is 16.7. The Morgan fingerprint density at radius 3 is 1.58 bits per heavy atom. The molecule has 0 unspecified atom stereocenters. The topological polar surface area (TPSA) is 95.1 Å². The number of carbonyl (C=O) groups excluding carboxylic acids is 2. The third-order valence-electron chi connectivity index (χ3n) is 18.6. The number of fused-ring (bicyclic) bond motifs is 12. The summed E-state index contributed by atoms with van der Waals surface area (Å²) in [6.45, 7) is 14.8. The highest BCUT2D eigenvalue weighted by Crippen LogP contribution is 2.70. The summed E-state index contributed by atoms with van der Waals surface area (Å²) < 4.78 is 25.0. The second-order valence-electron chi connectivity index (χ2n) is 19.8. The van der Waals surface area contributed by atoms with Crippen LogP contribution in [0.1, 0.15) is 130 Å². The van der Waals surface area contributed by atoms with Crippen molar-refractivity contribution >= 4 is 11.8 Å². The molecule has 2 amide bonds. The summed E-state index contributed by atoms with van der Waals surface area (Å²) in [5.41, 5.74) is 1.03. The Bertz CT molecular complexity index is 1290. The summed E-state index contributed by atoms with van der Waals surface area (Å²) in [5.74, 6) is 5.79.